The number of nitrogens with zero attached hydrogens (tertiary/aromatic N) is 1. The van der Waals surface area contributed by atoms with Crippen LogP contribution in [0.1, 0.15) is 13.2 Å². The number of rotatable bonds is 2. The van der Waals surface area contributed by atoms with Crippen LogP contribution >= 0.6 is 12.2 Å². The molecule has 1 aromatic heterocycles. The number of aromatic amines is 1. The Labute approximate surface area is 111 Å². The highest BCUT2D eigenvalue weighted by Crippen LogP contribution is 2.46. The third kappa shape index (κ3) is 2.12. The molecule has 0 bridgehead atoms. The van der Waals surface area contributed by atoms with Crippen molar-refractivity contribution in [2.75, 3.05) is 6.61 Å². The van der Waals surface area contributed by atoms with Crippen LogP contribution in [0, 0.1) is 4.64 Å². The minimum Gasteiger partial charge on any atom is -0.390 e. The highest BCUT2D eigenvalue weighted by Gasteiger charge is 2.64. The van der Waals surface area contributed by atoms with Crippen molar-refractivity contribution in [3.05, 3.63) is 27.4 Å². The first-order valence-electron chi connectivity index (χ1n) is 5.38. The van der Waals surface area contributed by atoms with E-state index in [1.165, 1.54) is 6.07 Å². The molecule has 4 atom stereocenters. The molecule has 0 saturated carbocycles. The first kappa shape index (κ1) is 14.3. The Balaban J connectivity index is 2.51. The lowest BCUT2D eigenvalue weighted by atomic mass is 9.97. The van der Waals surface area contributed by atoms with E-state index in [1.54, 1.807) is 0 Å². The molecule has 9 heteroatoms. The molecule has 1 saturated heterocycles. The van der Waals surface area contributed by atoms with Gasteiger partial charge in [0.15, 0.2) is 18.0 Å². The zero-order chi connectivity index (χ0) is 14.4. The summed E-state index contributed by atoms with van der Waals surface area (Å²) < 4.78 is 33.9. The summed E-state index contributed by atoms with van der Waals surface area (Å²) in [7, 11) is 0. The fourth-order valence-electron chi connectivity index (χ4n) is 1.99. The summed E-state index contributed by atoms with van der Waals surface area (Å²) in [5.41, 5.74) is -3.41. The van der Waals surface area contributed by atoms with Gasteiger partial charge in [-0.1, -0.05) is 12.2 Å². The molecular formula is C10H12F2N2O4S. The molecule has 1 aliphatic heterocycles. The van der Waals surface area contributed by atoms with Gasteiger partial charge < -0.3 is 14.9 Å². The van der Waals surface area contributed by atoms with E-state index in [-0.39, 0.29) is 4.64 Å². The van der Waals surface area contributed by atoms with Crippen LogP contribution in [0.3, 0.4) is 0 Å². The van der Waals surface area contributed by atoms with Crippen LogP contribution < -0.4 is 5.69 Å². The van der Waals surface area contributed by atoms with Gasteiger partial charge in [-0.25, -0.2) is 13.6 Å². The van der Waals surface area contributed by atoms with Gasteiger partial charge in [0.1, 0.15) is 11.2 Å². The molecule has 2 rings (SSSR count). The number of hydrogen-bond acceptors (Lipinski definition) is 5. The Morgan fingerprint density at radius 3 is 2.74 bits per heavy atom. The fourth-order valence-corrected chi connectivity index (χ4v) is 2.13. The number of aromatic nitrogens is 2. The maximum absolute atomic E-state index is 14.4. The summed E-state index contributed by atoms with van der Waals surface area (Å²) >= 11 is 4.72. The number of alkyl halides is 2. The molecule has 0 aromatic carbocycles. The second-order valence-corrected chi connectivity index (χ2v) is 4.93. The molecular weight excluding hydrogens is 282 g/mol. The lowest BCUT2D eigenvalue weighted by molar-refractivity contribution is -0.207. The largest absolute Gasteiger partial charge is 0.390 e. The van der Waals surface area contributed by atoms with Gasteiger partial charge in [-0.2, -0.15) is 0 Å². The van der Waals surface area contributed by atoms with Crippen molar-refractivity contribution in [3.8, 4) is 0 Å². The average molecular weight is 294 g/mol. The summed E-state index contributed by atoms with van der Waals surface area (Å²) in [6.45, 7) is -0.352. The van der Waals surface area contributed by atoms with Crippen molar-refractivity contribution in [3.63, 3.8) is 0 Å². The van der Waals surface area contributed by atoms with Gasteiger partial charge >= 0.3 is 5.69 Å². The first-order valence-corrected chi connectivity index (χ1v) is 5.79. The lowest BCUT2D eigenvalue weighted by Gasteiger charge is -2.24. The Morgan fingerprint density at radius 1 is 1.63 bits per heavy atom. The maximum Gasteiger partial charge on any atom is 0.328 e. The highest BCUT2D eigenvalue weighted by atomic mass is 32.1. The Morgan fingerprint density at radius 2 is 2.26 bits per heavy atom. The molecule has 1 aromatic rings. The molecule has 0 radical (unpaired) electrons. The minimum atomic E-state index is -2.97. The van der Waals surface area contributed by atoms with E-state index in [0.717, 1.165) is 17.7 Å². The van der Waals surface area contributed by atoms with Gasteiger partial charge in [-0.3, -0.25) is 9.55 Å². The van der Waals surface area contributed by atoms with Gasteiger partial charge in [0.05, 0.1) is 0 Å². The summed E-state index contributed by atoms with van der Waals surface area (Å²) in [6.07, 6.45) is -2.83. The van der Waals surface area contributed by atoms with E-state index in [1.807, 2.05) is 0 Å². The van der Waals surface area contributed by atoms with Crippen LogP contribution in [-0.4, -0.2) is 44.0 Å². The number of H-pyrrole nitrogens is 1. The smallest absolute Gasteiger partial charge is 0.328 e. The van der Waals surface area contributed by atoms with Crippen LogP contribution in [-0.2, 0) is 4.74 Å². The van der Waals surface area contributed by atoms with E-state index in [4.69, 9.17) is 22.1 Å². The number of ether oxygens (including phenoxy) is 1. The number of aliphatic hydroxyl groups is 2. The van der Waals surface area contributed by atoms with Crippen LogP contribution in [0.5, 0.6) is 0 Å². The Bertz CT molecular complexity index is 602. The first-order chi connectivity index (χ1) is 8.72. The average Bonchev–Trinajstić information content (AvgIpc) is 2.51. The van der Waals surface area contributed by atoms with Gasteiger partial charge in [-0.05, 0) is 13.0 Å². The number of nitrogens with one attached hydrogen (secondary N) is 1. The standard InChI is InChI=1S/C10H12F2N2O4S/c1-9(11)6(16)10(12,4-15)18-7(9)14-3-2-5(19)13-8(14)17/h2-3,6-7,15-16H,4H2,1H3,(H,13,17,19). The van der Waals surface area contributed by atoms with E-state index < -0.39 is 36.2 Å². The third-order valence-corrected chi connectivity index (χ3v) is 3.29. The maximum atomic E-state index is 14.4. The molecule has 0 amide bonds. The van der Waals surface area contributed by atoms with Gasteiger partial charge in [-0.15, -0.1) is 0 Å². The second kappa shape index (κ2) is 4.44. The zero-order valence-corrected chi connectivity index (χ0v) is 10.7. The van der Waals surface area contributed by atoms with Crippen molar-refractivity contribution >= 4 is 12.2 Å². The van der Waals surface area contributed by atoms with Crippen molar-refractivity contribution in [2.45, 2.75) is 30.8 Å². The Kier molecular flexibility index (Phi) is 3.33. The third-order valence-electron chi connectivity index (χ3n) is 3.05. The molecule has 3 N–H and O–H groups in total. The number of hydrogen-bond donors (Lipinski definition) is 3. The van der Waals surface area contributed by atoms with E-state index in [0.29, 0.717) is 0 Å². The van der Waals surface area contributed by atoms with Crippen LogP contribution in [0.25, 0.3) is 0 Å². The van der Waals surface area contributed by atoms with E-state index >= 15 is 0 Å². The summed E-state index contributed by atoms with van der Waals surface area (Å²) in [5, 5.41) is 18.4. The highest BCUT2D eigenvalue weighted by molar-refractivity contribution is 7.71. The van der Waals surface area contributed by atoms with Crippen LogP contribution in [0.2, 0.25) is 0 Å². The quantitative estimate of drug-likeness (QED) is 0.677. The van der Waals surface area contributed by atoms with Crippen LogP contribution in [0.4, 0.5) is 8.78 Å². The summed E-state index contributed by atoms with van der Waals surface area (Å²) in [5.74, 6) is -2.97. The van der Waals surface area contributed by atoms with Gasteiger partial charge in [0, 0.05) is 6.20 Å². The predicted octanol–water partition coefficient (Wildman–Crippen LogP) is 0.182. The van der Waals surface area contributed by atoms with Crippen molar-refractivity contribution in [1.29, 1.82) is 0 Å². The molecule has 106 valence electrons. The van der Waals surface area contributed by atoms with Crippen molar-refractivity contribution < 1.29 is 23.7 Å². The van der Waals surface area contributed by atoms with E-state index in [9.17, 15) is 18.7 Å². The number of aliphatic hydroxyl groups excluding tert-OH is 2. The second-order valence-electron chi connectivity index (χ2n) is 4.49. The van der Waals surface area contributed by atoms with Gasteiger partial charge in [0.25, 0.3) is 5.85 Å². The fraction of sp³-hybridized carbons (Fsp3) is 0.600. The van der Waals surface area contributed by atoms with E-state index in [2.05, 4.69) is 4.98 Å². The zero-order valence-electron chi connectivity index (χ0n) is 9.84. The normalized spacial score (nSPS) is 38.6. The molecule has 1 aliphatic rings. The molecule has 0 spiro atoms. The van der Waals surface area contributed by atoms with Gasteiger partial charge in [0.2, 0.25) is 0 Å². The SMILES string of the molecule is CC1(F)C(n2ccc(=S)[nH]c2=O)OC(F)(CO)C1O. The predicted molar refractivity (Wildman–Crippen MR) is 62.5 cm³/mol. The molecule has 1 fully saturated rings. The minimum absolute atomic E-state index is 0.119. The van der Waals surface area contributed by atoms with Crippen molar-refractivity contribution in [2.24, 2.45) is 0 Å². The lowest BCUT2D eigenvalue weighted by Crippen LogP contribution is -2.46. The van der Waals surface area contributed by atoms with Crippen molar-refractivity contribution in [1.82, 2.24) is 9.55 Å². The number of halogens is 2. The molecule has 0 aliphatic carbocycles. The molecule has 6 nitrogen and oxygen atoms in total. The Hall–Kier alpha value is -1.16. The molecule has 4 unspecified atom stereocenters. The van der Waals surface area contributed by atoms with Crippen LogP contribution in [0.15, 0.2) is 17.1 Å². The summed E-state index contributed by atoms with van der Waals surface area (Å²) in [4.78, 5) is 13.9. The molecule has 19 heavy (non-hydrogen) atoms. The summed E-state index contributed by atoms with van der Waals surface area (Å²) in [6, 6.07) is 1.29. The monoisotopic (exact) mass is 294 g/mol. The topological polar surface area (TPSA) is 87.5 Å². The molecule has 2 heterocycles.